The van der Waals surface area contributed by atoms with Gasteiger partial charge < -0.3 is 4.52 Å². The molecular formula is C21H19Cl2NO2. The largest absolute Gasteiger partial charge is 0.360 e. The fourth-order valence-corrected chi connectivity index (χ4v) is 5.00. The van der Waals surface area contributed by atoms with Gasteiger partial charge in [0, 0.05) is 35.3 Å². The topological polar surface area (TPSA) is 43.1 Å². The van der Waals surface area contributed by atoms with E-state index in [2.05, 4.69) is 11.2 Å². The summed E-state index contributed by atoms with van der Waals surface area (Å²) in [6.07, 6.45) is 8.76. The molecule has 1 heterocycles. The highest BCUT2D eigenvalue weighted by molar-refractivity contribution is 6.39. The van der Waals surface area contributed by atoms with Crippen molar-refractivity contribution in [2.45, 2.75) is 50.9 Å². The van der Waals surface area contributed by atoms with Crippen molar-refractivity contribution >= 4 is 34.6 Å². The van der Waals surface area contributed by atoms with Crippen LogP contribution in [0.5, 0.6) is 0 Å². The maximum atomic E-state index is 11.8. The average molecular weight is 388 g/mol. The molecule has 0 amide bonds. The molecule has 0 N–H and O–H groups in total. The van der Waals surface area contributed by atoms with Crippen molar-refractivity contribution in [3.05, 3.63) is 45.6 Å². The van der Waals surface area contributed by atoms with Crippen molar-refractivity contribution in [1.29, 1.82) is 0 Å². The maximum absolute atomic E-state index is 11.8. The third kappa shape index (κ3) is 2.48. The standard InChI is InChI=1S/C21H19Cl2NO2/c22-15-2-1-3-16(23)18(15)19-17(20(26-24-19)12-4-5-12)14-8-11-21(14)9-6-13(25)7-10-21/h1-3,8,12H,4-7,9-11H2. The summed E-state index contributed by atoms with van der Waals surface area (Å²) in [5, 5.41) is 5.58. The van der Waals surface area contributed by atoms with Crippen LogP contribution in [0.25, 0.3) is 16.8 Å². The molecule has 2 fully saturated rings. The molecule has 3 nitrogen and oxygen atoms in total. The summed E-state index contributed by atoms with van der Waals surface area (Å²) in [7, 11) is 0. The van der Waals surface area contributed by atoms with Gasteiger partial charge in [-0.3, -0.25) is 4.79 Å². The molecule has 0 radical (unpaired) electrons. The van der Waals surface area contributed by atoms with Crippen LogP contribution in [-0.4, -0.2) is 10.9 Å². The first-order valence-corrected chi connectivity index (χ1v) is 10.0. The van der Waals surface area contributed by atoms with Gasteiger partial charge in [0.2, 0.25) is 0 Å². The van der Waals surface area contributed by atoms with E-state index < -0.39 is 0 Å². The molecule has 26 heavy (non-hydrogen) atoms. The fraction of sp³-hybridized carbons (Fsp3) is 0.429. The highest BCUT2D eigenvalue weighted by atomic mass is 35.5. The molecule has 1 aromatic heterocycles. The van der Waals surface area contributed by atoms with Gasteiger partial charge in [-0.25, -0.2) is 0 Å². The number of benzene rings is 1. The lowest BCUT2D eigenvalue weighted by atomic mass is 9.58. The minimum atomic E-state index is 0.0889. The number of carbonyl (C=O) groups excluding carboxylic acids is 1. The summed E-state index contributed by atoms with van der Waals surface area (Å²) in [6.45, 7) is 0. The number of aromatic nitrogens is 1. The molecule has 3 aliphatic carbocycles. The number of nitrogens with zero attached hydrogens (tertiary/aromatic N) is 1. The quantitative estimate of drug-likeness (QED) is 0.608. The van der Waals surface area contributed by atoms with Crippen LogP contribution >= 0.6 is 23.2 Å². The Labute approximate surface area is 162 Å². The van der Waals surface area contributed by atoms with Crippen molar-refractivity contribution in [1.82, 2.24) is 5.16 Å². The Morgan fingerprint density at radius 2 is 1.77 bits per heavy atom. The van der Waals surface area contributed by atoms with Crippen LogP contribution in [0.1, 0.15) is 62.2 Å². The lowest BCUT2D eigenvalue weighted by Crippen LogP contribution is -2.34. The molecule has 134 valence electrons. The van der Waals surface area contributed by atoms with E-state index in [9.17, 15) is 4.79 Å². The van der Waals surface area contributed by atoms with Gasteiger partial charge in [0.05, 0.1) is 10.0 Å². The van der Waals surface area contributed by atoms with E-state index in [1.165, 1.54) is 5.57 Å². The fourth-order valence-electron chi connectivity index (χ4n) is 4.42. The van der Waals surface area contributed by atoms with Gasteiger partial charge in [-0.1, -0.05) is 40.5 Å². The van der Waals surface area contributed by atoms with Crippen molar-refractivity contribution < 1.29 is 9.32 Å². The summed E-state index contributed by atoms with van der Waals surface area (Å²) in [4.78, 5) is 11.8. The van der Waals surface area contributed by atoms with Crippen molar-refractivity contribution in [2.24, 2.45) is 5.41 Å². The number of halogens is 2. The van der Waals surface area contributed by atoms with E-state index in [0.29, 0.717) is 34.6 Å². The maximum Gasteiger partial charge on any atom is 0.147 e. The van der Waals surface area contributed by atoms with Gasteiger partial charge in [0.15, 0.2) is 0 Å². The summed E-state index contributed by atoms with van der Waals surface area (Å²) in [6, 6.07) is 5.51. The number of Topliss-reactive ketones (excluding diaryl/α,β-unsaturated/α-hetero) is 1. The van der Waals surface area contributed by atoms with E-state index in [-0.39, 0.29) is 5.41 Å². The predicted molar refractivity (Wildman–Crippen MR) is 102 cm³/mol. The SMILES string of the molecule is O=C1CCC2(CC=C2c2c(-c3c(Cl)cccc3Cl)noc2C2CC2)CC1. The summed E-state index contributed by atoms with van der Waals surface area (Å²) >= 11 is 12.9. The van der Waals surface area contributed by atoms with E-state index in [1.54, 1.807) is 0 Å². The zero-order valence-electron chi connectivity index (χ0n) is 14.4. The Bertz CT molecular complexity index is 909. The van der Waals surface area contributed by atoms with Crippen molar-refractivity contribution in [2.75, 3.05) is 0 Å². The molecule has 3 aliphatic rings. The second kappa shape index (κ2) is 5.97. The number of hydrogen-bond acceptors (Lipinski definition) is 3. The van der Waals surface area contributed by atoms with Gasteiger partial charge in [0.1, 0.15) is 17.2 Å². The van der Waals surface area contributed by atoms with Gasteiger partial charge in [0.25, 0.3) is 0 Å². The second-order valence-corrected chi connectivity index (χ2v) is 8.60. The van der Waals surface area contributed by atoms with Gasteiger partial charge >= 0.3 is 0 Å². The zero-order valence-corrected chi connectivity index (χ0v) is 15.9. The third-order valence-electron chi connectivity index (χ3n) is 6.17. The first-order chi connectivity index (χ1) is 12.6. The zero-order chi connectivity index (χ0) is 17.9. The lowest BCUT2D eigenvalue weighted by Gasteiger charge is -2.45. The second-order valence-electron chi connectivity index (χ2n) is 7.78. The van der Waals surface area contributed by atoms with E-state index >= 15 is 0 Å². The molecule has 0 bridgehead atoms. The minimum Gasteiger partial charge on any atom is -0.360 e. The normalized spacial score (nSPS) is 21.6. The Morgan fingerprint density at radius 1 is 1.08 bits per heavy atom. The Morgan fingerprint density at radius 3 is 2.35 bits per heavy atom. The van der Waals surface area contributed by atoms with Crippen molar-refractivity contribution in [3.63, 3.8) is 0 Å². The molecule has 0 unspecified atom stereocenters. The number of rotatable bonds is 3. The van der Waals surface area contributed by atoms with E-state index in [0.717, 1.165) is 54.7 Å². The first kappa shape index (κ1) is 16.6. The molecule has 0 aliphatic heterocycles. The summed E-state index contributed by atoms with van der Waals surface area (Å²) < 4.78 is 5.82. The van der Waals surface area contributed by atoms with Crippen LogP contribution in [0.3, 0.4) is 0 Å². The number of allylic oxidation sites excluding steroid dienone is 2. The Hall–Kier alpha value is -1.58. The Balaban J connectivity index is 1.65. The molecule has 2 saturated carbocycles. The van der Waals surface area contributed by atoms with Crippen LogP contribution in [0.2, 0.25) is 10.0 Å². The molecule has 5 heteroatoms. The molecule has 5 rings (SSSR count). The van der Waals surface area contributed by atoms with E-state index in [4.69, 9.17) is 27.7 Å². The smallest absolute Gasteiger partial charge is 0.147 e. The number of carbonyl (C=O) groups is 1. The number of hydrogen-bond donors (Lipinski definition) is 0. The molecule has 2 aromatic rings. The van der Waals surface area contributed by atoms with E-state index in [1.807, 2.05) is 18.2 Å². The molecule has 0 saturated heterocycles. The monoisotopic (exact) mass is 387 g/mol. The lowest BCUT2D eigenvalue weighted by molar-refractivity contribution is -0.121. The van der Waals surface area contributed by atoms with Gasteiger partial charge in [-0.15, -0.1) is 0 Å². The number of ketones is 1. The van der Waals surface area contributed by atoms with Gasteiger partial charge in [-0.05, 0) is 49.8 Å². The van der Waals surface area contributed by atoms with Crippen molar-refractivity contribution in [3.8, 4) is 11.3 Å². The summed E-state index contributed by atoms with van der Waals surface area (Å²) in [5.74, 6) is 1.79. The highest BCUT2D eigenvalue weighted by Crippen LogP contribution is 2.59. The average Bonchev–Trinajstić information content (AvgIpc) is 3.37. The first-order valence-electron chi connectivity index (χ1n) is 9.26. The van der Waals surface area contributed by atoms with Crippen LogP contribution < -0.4 is 0 Å². The van der Waals surface area contributed by atoms with Crippen LogP contribution in [0.15, 0.2) is 28.8 Å². The summed E-state index contributed by atoms with van der Waals surface area (Å²) in [5.41, 5.74) is 3.97. The molecule has 1 spiro atoms. The highest BCUT2D eigenvalue weighted by Gasteiger charge is 2.47. The Kier molecular flexibility index (Phi) is 3.81. The van der Waals surface area contributed by atoms with Gasteiger partial charge in [-0.2, -0.15) is 0 Å². The molecule has 0 atom stereocenters. The third-order valence-corrected chi connectivity index (χ3v) is 6.80. The van der Waals surface area contributed by atoms with Crippen LogP contribution in [-0.2, 0) is 4.79 Å². The van der Waals surface area contributed by atoms with Crippen LogP contribution in [0.4, 0.5) is 0 Å². The van der Waals surface area contributed by atoms with Crippen LogP contribution in [0, 0.1) is 5.41 Å². The minimum absolute atomic E-state index is 0.0889. The predicted octanol–water partition coefficient (Wildman–Crippen LogP) is 6.44. The molecular weight excluding hydrogens is 369 g/mol. The molecule has 1 aromatic carbocycles.